The number of ketones is 1. The molecule has 0 saturated heterocycles. The zero-order valence-electron chi connectivity index (χ0n) is 17.2. The van der Waals surface area contributed by atoms with E-state index in [-0.39, 0.29) is 24.5 Å². The Morgan fingerprint density at radius 2 is 1.35 bits per heavy atom. The third-order valence-corrected chi connectivity index (χ3v) is 3.96. The first-order valence-electron chi connectivity index (χ1n) is 9.47. The van der Waals surface area contributed by atoms with Crippen LogP contribution in [0.2, 0.25) is 0 Å². The van der Waals surface area contributed by atoms with E-state index in [0.717, 1.165) is 0 Å². The summed E-state index contributed by atoms with van der Waals surface area (Å²) in [6, 6.07) is 12.9. The van der Waals surface area contributed by atoms with Gasteiger partial charge in [0.15, 0.2) is 12.4 Å². The van der Waals surface area contributed by atoms with Crippen LogP contribution in [0, 0.1) is 0 Å². The van der Waals surface area contributed by atoms with Crippen LogP contribution in [-0.4, -0.2) is 36.1 Å². The van der Waals surface area contributed by atoms with Gasteiger partial charge in [0, 0.05) is 36.0 Å². The van der Waals surface area contributed by atoms with Crippen molar-refractivity contribution in [2.45, 2.75) is 26.7 Å². The van der Waals surface area contributed by atoms with E-state index in [1.807, 2.05) is 0 Å². The van der Waals surface area contributed by atoms with Gasteiger partial charge >= 0.3 is 5.97 Å². The molecule has 0 bridgehead atoms. The number of anilines is 3. The minimum absolute atomic E-state index is 0.123. The number of carbonyl (C=O) groups is 5. The molecule has 0 aromatic heterocycles. The molecule has 3 N–H and O–H groups in total. The topological polar surface area (TPSA) is 131 Å². The number of ether oxygens (including phenoxy) is 1. The molecular weight excluding hydrogens is 402 g/mol. The lowest BCUT2D eigenvalue weighted by molar-refractivity contribution is -0.147. The molecule has 0 heterocycles. The fraction of sp³-hybridized carbons (Fsp3) is 0.227. The maximum atomic E-state index is 12.0. The van der Waals surface area contributed by atoms with Crippen molar-refractivity contribution in [3.05, 3.63) is 54.1 Å². The predicted molar refractivity (Wildman–Crippen MR) is 115 cm³/mol. The van der Waals surface area contributed by atoms with Gasteiger partial charge in [-0.3, -0.25) is 24.0 Å². The Hall–Kier alpha value is -4.01. The van der Waals surface area contributed by atoms with E-state index in [9.17, 15) is 24.0 Å². The summed E-state index contributed by atoms with van der Waals surface area (Å²) in [6.45, 7) is 2.32. The summed E-state index contributed by atoms with van der Waals surface area (Å²) in [5.74, 6) is -1.97. The highest BCUT2D eigenvalue weighted by atomic mass is 16.5. The standard InChI is InChI=1S/C22H23N3O6/c1-14(26)16-4-3-5-19(12-16)25-20(28)10-11-22(30)31-13-21(29)24-18-8-6-17(7-9-18)23-15(2)27/h3-9,12H,10-11,13H2,1-2H3,(H,23,27)(H,24,29)(H,25,28). The average Bonchev–Trinajstić information content (AvgIpc) is 2.72. The lowest BCUT2D eigenvalue weighted by atomic mass is 10.1. The maximum Gasteiger partial charge on any atom is 0.306 e. The molecule has 0 aliphatic heterocycles. The number of amides is 3. The fourth-order valence-electron chi connectivity index (χ4n) is 2.51. The zero-order chi connectivity index (χ0) is 22.8. The largest absolute Gasteiger partial charge is 0.456 e. The van der Waals surface area contributed by atoms with E-state index in [4.69, 9.17) is 4.74 Å². The number of benzene rings is 2. The van der Waals surface area contributed by atoms with Crippen LogP contribution in [0.4, 0.5) is 17.1 Å². The van der Waals surface area contributed by atoms with E-state index in [2.05, 4.69) is 16.0 Å². The number of nitrogens with one attached hydrogen (secondary N) is 3. The minimum atomic E-state index is -0.691. The van der Waals surface area contributed by atoms with Crippen molar-refractivity contribution in [1.82, 2.24) is 0 Å². The first-order chi connectivity index (χ1) is 14.7. The number of rotatable bonds is 9. The summed E-state index contributed by atoms with van der Waals surface area (Å²) in [5.41, 5.74) is 1.98. The highest BCUT2D eigenvalue weighted by Crippen LogP contribution is 2.14. The summed E-state index contributed by atoms with van der Waals surface area (Å²) in [4.78, 5) is 58.0. The SMILES string of the molecule is CC(=O)Nc1ccc(NC(=O)COC(=O)CCC(=O)Nc2cccc(C(C)=O)c2)cc1. The first-order valence-corrected chi connectivity index (χ1v) is 9.47. The average molecular weight is 425 g/mol. The molecule has 0 aliphatic carbocycles. The molecular formula is C22H23N3O6. The van der Waals surface area contributed by atoms with Crippen molar-refractivity contribution in [1.29, 1.82) is 0 Å². The van der Waals surface area contributed by atoms with E-state index in [0.29, 0.717) is 22.6 Å². The summed E-state index contributed by atoms with van der Waals surface area (Å²) in [7, 11) is 0. The van der Waals surface area contributed by atoms with E-state index < -0.39 is 24.4 Å². The Morgan fingerprint density at radius 1 is 0.742 bits per heavy atom. The lowest BCUT2D eigenvalue weighted by Crippen LogP contribution is -2.21. The van der Waals surface area contributed by atoms with Gasteiger partial charge in [-0.15, -0.1) is 0 Å². The summed E-state index contributed by atoms with van der Waals surface area (Å²) >= 11 is 0. The van der Waals surface area contributed by atoms with Crippen molar-refractivity contribution in [2.24, 2.45) is 0 Å². The molecule has 162 valence electrons. The van der Waals surface area contributed by atoms with Gasteiger partial charge in [-0.25, -0.2) is 0 Å². The summed E-state index contributed by atoms with van der Waals surface area (Å²) in [6.07, 6.45) is -0.327. The van der Waals surface area contributed by atoms with Gasteiger partial charge in [0.25, 0.3) is 5.91 Å². The molecule has 0 aliphatic rings. The van der Waals surface area contributed by atoms with Crippen LogP contribution in [0.25, 0.3) is 0 Å². The number of carbonyl (C=O) groups excluding carboxylic acids is 5. The highest BCUT2D eigenvalue weighted by molar-refractivity contribution is 5.98. The second kappa shape index (κ2) is 11.2. The Labute approximate surface area is 179 Å². The van der Waals surface area contributed by atoms with E-state index >= 15 is 0 Å². The van der Waals surface area contributed by atoms with Gasteiger partial charge in [-0.05, 0) is 43.3 Å². The summed E-state index contributed by atoms with van der Waals surface area (Å²) < 4.78 is 4.87. The normalized spacial score (nSPS) is 10.0. The van der Waals surface area contributed by atoms with Crippen LogP contribution in [-0.2, 0) is 23.9 Å². The van der Waals surface area contributed by atoms with E-state index in [1.54, 1.807) is 48.5 Å². The van der Waals surface area contributed by atoms with Crippen LogP contribution in [0.3, 0.4) is 0 Å². The first kappa shape index (κ1) is 23.3. The third-order valence-electron chi connectivity index (χ3n) is 3.96. The van der Waals surface area contributed by atoms with Gasteiger partial charge in [0.2, 0.25) is 11.8 Å². The zero-order valence-corrected chi connectivity index (χ0v) is 17.2. The number of esters is 1. The molecule has 31 heavy (non-hydrogen) atoms. The van der Waals surface area contributed by atoms with Gasteiger partial charge in [-0.2, -0.15) is 0 Å². The second-order valence-electron chi connectivity index (χ2n) is 6.65. The van der Waals surface area contributed by atoms with Crippen molar-refractivity contribution < 1.29 is 28.7 Å². The maximum absolute atomic E-state index is 12.0. The van der Waals surface area contributed by atoms with Crippen LogP contribution in [0.5, 0.6) is 0 Å². The Bertz CT molecular complexity index is 985. The fourth-order valence-corrected chi connectivity index (χ4v) is 2.51. The number of hydrogen-bond acceptors (Lipinski definition) is 6. The van der Waals surface area contributed by atoms with Crippen molar-refractivity contribution in [3.8, 4) is 0 Å². The van der Waals surface area contributed by atoms with Crippen LogP contribution in [0.15, 0.2) is 48.5 Å². The van der Waals surface area contributed by atoms with Gasteiger partial charge in [-0.1, -0.05) is 12.1 Å². The summed E-state index contributed by atoms with van der Waals surface area (Å²) in [5, 5.41) is 7.76. The van der Waals surface area contributed by atoms with Crippen LogP contribution < -0.4 is 16.0 Å². The smallest absolute Gasteiger partial charge is 0.306 e. The van der Waals surface area contributed by atoms with Crippen LogP contribution in [0.1, 0.15) is 37.0 Å². The predicted octanol–water partition coefficient (Wildman–Crippen LogP) is 2.75. The molecule has 2 rings (SSSR count). The number of Topliss-reactive ketones (excluding diaryl/α,β-unsaturated/α-hetero) is 1. The Morgan fingerprint density at radius 3 is 1.97 bits per heavy atom. The van der Waals surface area contributed by atoms with Crippen LogP contribution >= 0.6 is 0 Å². The number of hydrogen-bond donors (Lipinski definition) is 3. The minimum Gasteiger partial charge on any atom is -0.456 e. The molecule has 9 nitrogen and oxygen atoms in total. The van der Waals surface area contributed by atoms with Gasteiger partial charge < -0.3 is 20.7 Å². The molecule has 0 saturated carbocycles. The highest BCUT2D eigenvalue weighted by Gasteiger charge is 2.11. The third kappa shape index (κ3) is 8.48. The van der Waals surface area contributed by atoms with Crippen molar-refractivity contribution in [2.75, 3.05) is 22.6 Å². The molecule has 0 radical (unpaired) electrons. The molecule has 2 aromatic carbocycles. The monoisotopic (exact) mass is 425 g/mol. The lowest BCUT2D eigenvalue weighted by Gasteiger charge is -2.08. The molecule has 0 spiro atoms. The molecule has 3 amide bonds. The molecule has 2 aromatic rings. The van der Waals surface area contributed by atoms with Gasteiger partial charge in [0.05, 0.1) is 6.42 Å². The molecule has 0 fully saturated rings. The van der Waals surface area contributed by atoms with Crippen molar-refractivity contribution >= 4 is 46.5 Å². The Balaban J connectivity index is 1.70. The Kier molecular flexibility index (Phi) is 8.44. The molecule has 0 unspecified atom stereocenters. The van der Waals surface area contributed by atoms with E-state index in [1.165, 1.54) is 13.8 Å². The second-order valence-corrected chi connectivity index (χ2v) is 6.65. The molecule has 0 atom stereocenters. The quantitative estimate of drug-likeness (QED) is 0.418. The molecule has 9 heteroatoms. The van der Waals surface area contributed by atoms with Gasteiger partial charge in [0.1, 0.15) is 0 Å². The van der Waals surface area contributed by atoms with Crippen molar-refractivity contribution in [3.63, 3.8) is 0 Å².